The number of nitrogens with zero attached hydrogens (tertiary/aromatic N) is 1. The first-order chi connectivity index (χ1) is 8.76. The average Bonchev–Trinajstić information content (AvgIpc) is 2.97. The number of hydrogen-bond acceptors (Lipinski definition) is 2. The van der Waals surface area contributed by atoms with E-state index in [0.717, 1.165) is 36.7 Å². The Labute approximate surface area is 112 Å². The van der Waals surface area contributed by atoms with Crippen LogP contribution in [0.25, 0.3) is 10.9 Å². The number of benzene rings is 1. The van der Waals surface area contributed by atoms with Gasteiger partial charge in [-0.1, -0.05) is 17.7 Å². The molecule has 3 rings (SSSR count). The van der Waals surface area contributed by atoms with Crippen LogP contribution in [0.5, 0.6) is 0 Å². The zero-order chi connectivity index (χ0) is 12.5. The molecule has 1 unspecified atom stereocenters. The number of nitrogens with one attached hydrogen (secondary N) is 1. The number of aromatic amines is 1. The molecule has 0 spiro atoms. The second-order valence-corrected chi connectivity index (χ2v) is 5.57. The fourth-order valence-corrected chi connectivity index (χ4v) is 2.95. The van der Waals surface area contributed by atoms with E-state index in [1.165, 1.54) is 17.4 Å². The van der Waals surface area contributed by atoms with Gasteiger partial charge in [0, 0.05) is 35.2 Å². The largest absolute Gasteiger partial charge is 0.361 e. The summed E-state index contributed by atoms with van der Waals surface area (Å²) < 4.78 is 0. The molecule has 2 aromatic rings. The topological polar surface area (TPSA) is 45.0 Å². The van der Waals surface area contributed by atoms with Crippen LogP contribution in [0.4, 0.5) is 0 Å². The second kappa shape index (κ2) is 4.92. The Hall–Kier alpha value is -1.03. The van der Waals surface area contributed by atoms with Crippen LogP contribution >= 0.6 is 11.6 Å². The van der Waals surface area contributed by atoms with Crippen molar-refractivity contribution in [2.75, 3.05) is 19.6 Å². The third-order valence-corrected chi connectivity index (χ3v) is 4.06. The average molecular weight is 264 g/mol. The van der Waals surface area contributed by atoms with Gasteiger partial charge in [0.1, 0.15) is 0 Å². The molecular weight excluding hydrogens is 246 g/mol. The number of rotatable bonds is 3. The first-order valence-electron chi connectivity index (χ1n) is 6.44. The van der Waals surface area contributed by atoms with Gasteiger partial charge in [-0.05, 0) is 43.1 Å². The molecular formula is C14H18ClN3. The maximum absolute atomic E-state index is 5.99. The Kier molecular flexibility index (Phi) is 3.29. The third kappa shape index (κ3) is 2.26. The van der Waals surface area contributed by atoms with Gasteiger partial charge in [0.2, 0.25) is 0 Å². The maximum Gasteiger partial charge on any atom is 0.0472 e. The van der Waals surface area contributed by atoms with Crippen molar-refractivity contribution in [3.8, 4) is 0 Å². The van der Waals surface area contributed by atoms with E-state index in [4.69, 9.17) is 17.3 Å². The number of H-pyrrole nitrogens is 1. The van der Waals surface area contributed by atoms with Crippen LogP contribution in [-0.2, 0) is 6.54 Å². The van der Waals surface area contributed by atoms with Crippen molar-refractivity contribution in [2.45, 2.75) is 13.0 Å². The molecule has 1 aromatic carbocycles. The van der Waals surface area contributed by atoms with Crippen molar-refractivity contribution in [3.05, 3.63) is 35.0 Å². The van der Waals surface area contributed by atoms with Crippen LogP contribution in [0, 0.1) is 5.92 Å². The van der Waals surface area contributed by atoms with Crippen LogP contribution in [0.1, 0.15) is 12.0 Å². The minimum Gasteiger partial charge on any atom is -0.361 e. The minimum absolute atomic E-state index is 0.671. The zero-order valence-electron chi connectivity index (χ0n) is 10.3. The summed E-state index contributed by atoms with van der Waals surface area (Å²) in [5, 5.41) is 2.05. The lowest BCUT2D eigenvalue weighted by molar-refractivity contribution is 0.319. The molecule has 1 aliphatic rings. The molecule has 0 aliphatic carbocycles. The number of likely N-dealkylation sites (tertiary alicyclic amines) is 1. The van der Waals surface area contributed by atoms with E-state index in [1.807, 2.05) is 12.1 Å². The highest BCUT2D eigenvalue weighted by atomic mass is 35.5. The van der Waals surface area contributed by atoms with Gasteiger partial charge in [-0.15, -0.1) is 0 Å². The highest BCUT2D eigenvalue weighted by Gasteiger charge is 2.21. The predicted octanol–water partition coefficient (Wildman–Crippen LogP) is 2.60. The van der Waals surface area contributed by atoms with Crippen molar-refractivity contribution in [2.24, 2.45) is 11.7 Å². The van der Waals surface area contributed by atoms with Crippen LogP contribution in [0.3, 0.4) is 0 Å². The molecule has 1 aromatic heterocycles. The molecule has 0 amide bonds. The lowest BCUT2D eigenvalue weighted by Crippen LogP contribution is -2.22. The summed E-state index contributed by atoms with van der Waals surface area (Å²) in [6.07, 6.45) is 3.32. The summed E-state index contributed by atoms with van der Waals surface area (Å²) in [5.41, 5.74) is 8.19. The molecule has 0 saturated carbocycles. The van der Waals surface area contributed by atoms with Crippen molar-refractivity contribution in [3.63, 3.8) is 0 Å². The van der Waals surface area contributed by atoms with Gasteiger partial charge in [0.25, 0.3) is 0 Å². The van der Waals surface area contributed by atoms with E-state index < -0.39 is 0 Å². The van der Waals surface area contributed by atoms with Gasteiger partial charge in [0.05, 0.1) is 0 Å². The van der Waals surface area contributed by atoms with Crippen LogP contribution in [0.2, 0.25) is 5.02 Å². The molecule has 3 nitrogen and oxygen atoms in total. The first-order valence-corrected chi connectivity index (χ1v) is 6.82. The minimum atomic E-state index is 0.671. The van der Waals surface area contributed by atoms with E-state index in [1.54, 1.807) is 0 Å². The Balaban J connectivity index is 1.79. The summed E-state index contributed by atoms with van der Waals surface area (Å²) in [5.74, 6) is 0.671. The van der Waals surface area contributed by atoms with E-state index >= 15 is 0 Å². The van der Waals surface area contributed by atoms with Gasteiger partial charge in [-0.3, -0.25) is 4.90 Å². The lowest BCUT2D eigenvalue weighted by atomic mass is 10.1. The Morgan fingerprint density at radius 2 is 2.33 bits per heavy atom. The number of hydrogen-bond donors (Lipinski definition) is 2. The van der Waals surface area contributed by atoms with Crippen LogP contribution in [-0.4, -0.2) is 29.5 Å². The summed E-state index contributed by atoms with van der Waals surface area (Å²) in [6, 6.07) is 6.03. The van der Waals surface area contributed by atoms with Gasteiger partial charge >= 0.3 is 0 Å². The molecule has 1 saturated heterocycles. The van der Waals surface area contributed by atoms with E-state index in [9.17, 15) is 0 Å². The highest BCUT2D eigenvalue weighted by molar-refractivity contribution is 6.31. The fraction of sp³-hybridized carbons (Fsp3) is 0.429. The molecule has 0 radical (unpaired) electrons. The maximum atomic E-state index is 5.99. The van der Waals surface area contributed by atoms with Crippen molar-refractivity contribution >= 4 is 22.5 Å². The Bertz CT molecular complexity index is 549. The SMILES string of the molecule is NCC1CCN(Cc2c[nH]c3cc(Cl)ccc23)C1. The lowest BCUT2D eigenvalue weighted by Gasteiger charge is -2.14. The molecule has 1 aliphatic heterocycles. The second-order valence-electron chi connectivity index (χ2n) is 5.13. The van der Waals surface area contributed by atoms with Crippen LogP contribution in [0.15, 0.2) is 24.4 Å². The molecule has 96 valence electrons. The van der Waals surface area contributed by atoms with E-state index in [-0.39, 0.29) is 0 Å². The molecule has 4 heteroatoms. The van der Waals surface area contributed by atoms with Gasteiger partial charge in [0.15, 0.2) is 0 Å². The predicted molar refractivity (Wildman–Crippen MR) is 75.7 cm³/mol. The van der Waals surface area contributed by atoms with Gasteiger partial charge in [-0.25, -0.2) is 0 Å². The fourth-order valence-electron chi connectivity index (χ4n) is 2.78. The van der Waals surface area contributed by atoms with E-state index in [0.29, 0.717) is 5.92 Å². The molecule has 18 heavy (non-hydrogen) atoms. The Morgan fingerprint density at radius 1 is 1.44 bits per heavy atom. The number of nitrogens with two attached hydrogens (primary N) is 1. The normalized spacial score (nSPS) is 20.9. The van der Waals surface area contributed by atoms with Gasteiger partial charge in [-0.2, -0.15) is 0 Å². The summed E-state index contributed by atoms with van der Waals surface area (Å²) >= 11 is 5.99. The van der Waals surface area contributed by atoms with Crippen molar-refractivity contribution in [1.29, 1.82) is 0 Å². The highest BCUT2D eigenvalue weighted by Crippen LogP contribution is 2.25. The standard InChI is InChI=1S/C14H18ClN3/c15-12-1-2-13-11(7-17-14(13)5-12)9-18-4-3-10(6-16)8-18/h1-2,5,7,10,17H,3-4,6,8-9,16H2. The van der Waals surface area contributed by atoms with Crippen LogP contribution < -0.4 is 5.73 Å². The summed E-state index contributed by atoms with van der Waals surface area (Å²) in [7, 11) is 0. The number of halogens is 1. The summed E-state index contributed by atoms with van der Waals surface area (Å²) in [4.78, 5) is 5.77. The monoisotopic (exact) mass is 263 g/mol. The zero-order valence-corrected chi connectivity index (χ0v) is 11.1. The molecule has 3 N–H and O–H groups in total. The van der Waals surface area contributed by atoms with E-state index in [2.05, 4.69) is 22.1 Å². The molecule has 1 atom stereocenters. The van der Waals surface area contributed by atoms with Crippen molar-refractivity contribution in [1.82, 2.24) is 9.88 Å². The van der Waals surface area contributed by atoms with Gasteiger partial charge < -0.3 is 10.7 Å². The third-order valence-electron chi connectivity index (χ3n) is 3.83. The molecule has 2 heterocycles. The first kappa shape index (κ1) is 12.0. The quantitative estimate of drug-likeness (QED) is 0.894. The smallest absolute Gasteiger partial charge is 0.0472 e. The Morgan fingerprint density at radius 3 is 3.11 bits per heavy atom. The van der Waals surface area contributed by atoms with Crippen molar-refractivity contribution < 1.29 is 0 Å². The number of fused-ring (bicyclic) bond motifs is 1. The summed E-state index contributed by atoms with van der Waals surface area (Å²) in [6.45, 7) is 4.08. The molecule has 0 bridgehead atoms. The molecule has 1 fully saturated rings. The number of aromatic nitrogens is 1.